The first-order valence-electron chi connectivity index (χ1n) is 2.09. The molecule has 0 fully saturated rings. The quantitative estimate of drug-likeness (QED) is 0.422. The van der Waals surface area contributed by atoms with Gasteiger partial charge in [0.05, 0.1) is 0 Å². The van der Waals surface area contributed by atoms with Gasteiger partial charge in [0, 0.05) is 6.54 Å². The van der Waals surface area contributed by atoms with Crippen LogP contribution in [0.15, 0.2) is 12.3 Å². The molecule has 1 aliphatic heterocycles. The lowest BCUT2D eigenvalue weighted by atomic mass is 10.6. The molecular weight excluding hydrogens is 82.0 g/mol. The Hall–Kier alpha value is -0.540. The van der Waals surface area contributed by atoms with Crippen LogP contribution in [0.2, 0.25) is 1.41 Å². The van der Waals surface area contributed by atoms with Crippen molar-refractivity contribution in [2.75, 3.05) is 6.54 Å². The molecule has 0 atom stereocenters. The molecular formula is C3H5NO2. The molecule has 0 spiro atoms. The third-order valence-electron chi connectivity index (χ3n) is 0.427. The summed E-state index contributed by atoms with van der Waals surface area (Å²) in [7, 11) is 0. The van der Waals surface area contributed by atoms with Crippen LogP contribution >= 0.6 is 0 Å². The Balaban J connectivity index is 2.32. The van der Waals surface area contributed by atoms with Gasteiger partial charge in [0.25, 0.3) is 0 Å². The third kappa shape index (κ3) is 0.702. The van der Waals surface area contributed by atoms with Crippen molar-refractivity contribution in [3.8, 4) is 0 Å². The molecule has 1 N–H and O–H groups in total. The molecule has 1 heterocycles. The summed E-state index contributed by atoms with van der Waals surface area (Å²) in [5.41, 5.74) is 0.833. The second-order valence-corrected chi connectivity index (χ2v) is 0.854. The van der Waals surface area contributed by atoms with Crippen LogP contribution in [-0.2, 0) is 9.88 Å². The molecule has 0 bridgehead atoms. The Morgan fingerprint density at radius 1 is 2.00 bits per heavy atom. The fourth-order valence-electron chi connectivity index (χ4n) is 0.211. The molecule has 1 rings (SSSR count). The number of hydrogen-bond donors (Lipinski definition) is 1. The van der Waals surface area contributed by atoms with E-state index in [1.165, 1.54) is 6.26 Å². The summed E-state index contributed by atoms with van der Waals surface area (Å²) in [5, 5.41) is 0. The average Bonchev–Trinajstić information content (AvgIpc) is 1.69. The Morgan fingerprint density at radius 3 is 3.33 bits per heavy atom. The van der Waals surface area contributed by atoms with Gasteiger partial charge in [-0.25, -0.2) is 0 Å². The van der Waals surface area contributed by atoms with Gasteiger partial charge >= 0.3 is 0 Å². The second-order valence-electron chi connectivity index (χ2n) is 0.854. The van der Waals surface area contributed by atoms with E-state index < -0.39 is 0 Å². The first-order chi connectivity index (χ1) is 3.39. The normalized spacial score (nSPS) is 25.7. The molecule has 3 nitrogen and oxygen atoms in total. The van der Waals surface area contributed by atoms with E-state index in [1.807, 2.05) is 0 Å². The Bertz CT molecular complexity index is 85.0. The van der Waals surface area contributed by atoms with Gasteiger partial charge in [-0.1, -0.05) is 4.99 Å². The minimum atomic E-state index is 0.458. The maximum Gasteiger partial charge on any atom is 0.159 e. The Morgan fingerprint density at radius 2 is 3.00 bits per heavy atom. The van der Waals surface area contributed by atoms with E-state index in [1.54, 1.807) is 6.08 Å². The Kier molecular flexibility index (Phi) is 0.777. The van der Waals surface area contributed by atoms with Crippen molar-refractivity contribution in [2.45, 2.75) is 0 Å². The number of hydrogen-bond acceptors (Lipinski definition) is 3. The largest absolute Gasteiger partial charge is 0.328 e. The van der Waals surface area contributed by atoms with Crippen LogP contribution in [0.4, 0.5) is 0 Å². The SMILES string of the molecule is [2H]N1CC=COO1. The third-order valence-corrected chi connectivity index (χ3v) is 0.427. The molecule has 0 aromatic heterocycles. The second kappa shape index (κ2) is 1.79. The van der Waals surface area contributed by atoms with Gasteiger partial charge in [0.2, 0.25) is 0 Å². The lowest BCUT2D eigenvalue weighted by Gasteiger charge is -2.02. The van der Waals surface area contributed by atoms with E-state index in [0.717, 1.165) is 5.47 Å². The predicted octanol–water partition coefficient (Wildman–Crippen LogP) is -0.0335. The standard InChI is InChI=1S/C3H5NO2/c1-2-4-6-5-3-1/h1,3-4H,2H2/i/hD. The summed E-state index contributed by atoms with van der Waals surface area (Å²) in [4.78, 5) is 8.43. The van der Waals surface area contributed by atoms with E-state index in [9.17, 15) is 0 Å². The number of hydroxylamine groups is 1. The summed E-state index contributed by atoms with van der Waals surface area (Å²) < 4.78 is 6.71. The van der Waals surface area contributed by atoms with Gasteiger partial charge < -0.3 is 4.89 Å². The average molecular weight is 88.1 g/mol. The van der Waals surface area contributed by atoms with Crippen LogP contribution in [0.1, 0.15) is 0 Å². The maximum absolute atomic E-state index is 6.71. The van der Waals surface area contributed by atoms with Gasteiger partial charge in [-0.05, 0) is 6.08 Å². The molecule has 0 saturated carbocycles. The van der Waals surface area contributed by atoms with Crippen molar-refractivity contribution in [3.63, 3.8) is 0 Å². The highest BCUT2D eigenvalue weighted by molar-refractivity contribution is 4.74. The van der Waals surface area contributed by atoms with Gasteiger partial charge in [-0.2, -0.15) is 5.47 Å². The molecule has 0 aromatic rings. The van der Waals surface area contributed by atoms with E-state index in [0.29, 0.717) is 6.54 Å². The summed E-state index contributed by atoms with van der Waals surface area (Å²) in [5.74, 6) is 0. The number of nitrogens with one attached hydrogen (secondary N) is 1. The van der Waals surface area contributed by atoms with Crippen LogP contribution in [0.5, 0.6) is 0 Å². The monoisotopic (exact) mass is 88.0 g/mol. The van der Waals surface area contributed by atoms with E-state index in [4.69, 9.17) is 1.41 Å². The Labute approximate surface area is 36.9 Å². The van der Waals surface area contributed by atoms with Crippen LogP contribution in [0, 0.1) is 0 Å². The van der Waals surface area contributed by atoms with Crippen LogP contribution in [0.3, 0.4) is 0 Å². The zero-order chi connectivity index (χ0) is 5.11. The molecule has 1 aliphatic rings. The van der Waals surface area contributed by atoms with Crippen molar-refractivity contribution in [3.05, 3.63) is 12.3 Å². The van der Waals surface area contributed by atoms with Crippen molar-refractivity contribution in [2.24, 2.45) is 0 Å². The summed E-state index contributed by atoms with van der Waals surface area (Å²) in [6.45, 7) is 0.458. The van der Waals surface area contributed by atoms with Crippen molar-refractivity contribution in [1.29, 1.82) is 0 Å². The molecule has 0 radical (unpaired) electrons. The highest BCUT2D eigenvalue weighted by atomic mass is 17.3. The first kappa shape index (κ1) is 2.60. The summed E-state index contributed by atoms with van der Waals surface area (Å²) in [6, 6.07) is 0. The smallest absolute Gasteiger partial charge is 0.159 e. The molecule has 0 unspecified atom stereocenters. The van der Waals surface area contributed by atoms with Crippen LogP contribution in [-0.4, -0.2) is 6.54 Å². The molecule has 0 saturated heterocycles. The van der Waals surface area contributed by atoms with Gasteiger partial charge in [-0.3, -0.25) is 0 Å². The van der Waals surface area contributed by atoms with Gasteiger partial charge in [0.1, 0.15) is 6.26 Å². The van der Waals surface area contributed by atoms with E-state index >= 15 is 0 Å². The van der Waals surface area contributed by atoms with Crippen molar-refractivity contribution in [1.82, 2.24) is 5.47 Å². The van der Waals surface area contributed by atoms with Gasteiger partial charge in [-0.15, -0.1) is 0 Å². The predicted molar refractivity (Wildman–Crippen MR) is 19.3 cm³/mol. The molecule has 6 heavy (non-hydrogen) atoms. The highest BCUT2D eigenvalue weighted by Gasteiger charge is 1.84. The molecule has 0 amide bonds. The van der Waals surface area contributed by atoms with Crippen molar-refractivity contribution < 1.29 is 11.3 Å². The lowest BCUT2D eigenvalue weighted by molar-refractivity contribution is -0.301. The zero-order valence-electron chi connectivity index (χ0n) is 4.13. The molecule has 3 heteroatoms. The fourth-order valence-corrected chi connectivity index (χ4v) is 0.211. The van der Waals surface area contributed by atoms with Crippen LogP contribution in [0.25, 0.3) is 0 Å². The van der Waals surface area contributed by atoms with Crippen molar-refractivity contribution >= 4 is 0 Å². The van der Waals surface area contributed by atoms with Crippen LogP contribution < -0.4 is 5.47 Å². The minimum absolute atomic E-state index is 0.458. The fraction of sp³-hybridized carbons (Fsp3) is 0.333. The topological polar surface area (TPSA) is 30.5 Å². The summed E-state index contributed by atoms with van der Waals surface area (Å²) >= 11 is 0. The summed E-state index contributed by atoms with van der Waals surface area (Å²) in [6.07, 6.45) is 3.07. The maximum atomic E-state index is 6.71. The molecule has 0 aliphatic carbocycles. The number of rotatable bonds is 0. The highest BCUT2D eigenvalue weighted by Crippen LogP contribution is 1.81. The van der Waals surface area contributed by atoms with Gasteiger partial charge in [0.15, 0.2) is 1.41 Å². The van der Waals surface area contributed by atoms with E-state index in [-0.39, 0.29) is 0 Å². The minimum Gasteiger partial charge on any atom is -0.328 e. The molecule has 0 aromatic carbocycles. The first-order valence-corrected chi connectivity index (χ1v) is 1.64. The lowest BCUT2D eigenvalue weighted by Crippen LogP contribution is -2.16. The zero-order valence-corrected chi connectivity index (χ0v) is 3.13. The molecule has 34 valence electrons. The van der Waals surface area contributed by atoms with E-state index in [2.05, 4.69) is 9.88 Å².